The van der Waals surface area contributed by atoms with Gasteiger partial charge in [0.05, 0.1) is 16.5 Å². The zero-order valence-electron chi connectivity index (χ0n) is 30.0. The quantitative estimate of drug-likeness (QED) is 0.257. The molecule has 1 saturated heterocycles. The Bertz CT molecular complexity index is 1710. The first-order chi connectivity index (χ1) is 24.7. The molecule has 3 aliphatic rings. The maximum Gasteiger partial charge on any atom is 0.407 e. The van der Waals surface area contributed by atoms with Gasteiger partial charge in [0.1, 0.15) is 24.1 Å². The first-order valence-corrected chi connectivity index (χ1v) is 19.7. The number of likely N-dealkylation sites (tertiary alicyclic amines) is 1. The van der Waals surface area contributed by atoms with Crippen LogP contribution in [-0.2, 0) is 24.3 Å². The fourth-order valence-corrected chi connectivity index (χ4v) is 9.02. The van der Waals surface area contributed by atoms with Crippen molar-refractivity contribution in [2.24, 2.45) is 23.7 Å². The molecule has 0 bridgehead atoms. The normalized spacial score (nSPS) is 23.4. The van der Waals surface area contributed by atoms with Crippen LogP contribution in [0.2, 0.25) is 0 Å². The van der Waals surface area contributed by atoms with Gasteiger partial charge in [-0.1, -0.05) is 50.3 Å². The molecule has 1 aliphatic heterocycles. The second kappa shape index (κ2) is 16.7. The minimum absolute atomic E-state index is 0.0712. The SMILES string of the molecule is CC(C)(C)OC(=O)N[C@H](CF)[C@H]1CC[C@H](C(=O)N2CC[C@@H](C3CCCCC3)[C@H]2C(=O)Nc2ccc(C(=O)NS(=O)(=O)c3ccccc3)c(F)c2)CC1. The highest BCUT2D eigenvalue weighted by molar-refractivity contribution is 7.90. The van der Waals surface area contributed by atoms with Crippen LogP contribution in [0.4, 0.5) is 19.3 Å². The Hall–Kier alpha value is -4.07. The number of nitrogens with zero attached hydrogens (tertiary/aromatic N) is 1. The van der Waals surface area contributed by atoms with Gasteiger partial charge in [0.25, 0.3) is 15.9 Å². The van der Waals surface area contributed by atoms with Gasteiger partial charge in [-0.15, -0.1) is 0 Å². The molecule has 3 atom stereocenters. The number of carbonyl (C=O) groups excluding carboxylic acids is 4. The average molecular weight is 745 g/mol. The number of hydrogen-bond acceptors (Lipinski definition) is 7. The Labute approximate surface area is 304 Å². The van der Waals surface area contributed by atoms with Crippen LogP contribution in [0.15, 0.2) is 53.4 Å². The number of amides is 4. The number of alkyl carbamates (subject to hydrolysis) is 1. The third kappa shape index (κ3) is 9.67. The van der Waals surface area contributed by atoms with E-state index in [1.807, 2.05) is 4.72 Å². The predicted octanol–water partition coefficient (Wildman–Crippen LogP) is 6.35. The largest absolute Gasteiger partial charge is 0.444 e. The Balaban J connectivity index is 1.26. The molecule has 52 heavy (non-hydrogen) atoms. The molecule has 2 aromatic rings. The first kappa shape index (κ1) is 39.1. The summed E-state index contributed by atoms with van der Waals surface area (Å²) in [5.41, 5.74) is -1.16. The lowest BCUT2D eigenvalue weighted by Gasteiger charge is -2.37. The highest BCUT2D eigenvalue weighted by atomic mass is 32.2. The van der Waals surface area contributed by atoms with E-state index < -0.39 is 63.7 Å². The van der Waals surface area contributed by atoms with E-state index in [-0.39, 0.29) is 40.2 Å². The molecule has 0 spiro atoms. The molecule has 11 nitrogen and oxygen atoms in total. The van der Waals surface area contributed by atoms with Gasteiger partial charge < -0.3 is 20.3 Å². The lowest BCUT2D eigenvalue weighted by molar-refractivity contribution is -0.142. The van der Waals surface area contributed by atoms with Crippen LogP contribution >= 0.6 is 0 Å². The van der Waals surface area contributed by atoms with Crippen LogP contribution in [-0.4, -0.2) is 68.0 Å². The molecule has 0 unspecified atom stereocenters. The zero-order chi connectivity index (χ0) is 37.6. The van der Waals surface area contributed by atoms with Crippen molar-refractivity contribution in [3.05, 3.63) is 59.9 Å². The van der Waals surface area contributed by atoms with Crippen LogP contribution < -0.4 is 15.4 Å². The number of carbonyl (C=O) groups is 4. The van der Waals surface area contributed by atoms with E-state index >= 15 is 4.39 Å². The Morgan fingerprint density at radius 1 is 0.923 bits per heavy atom. The van der Waals surface area contributed by atoms with Crippen LogP contribution in [0, 0.1) is 29.5 Å². The fraction of sp³-hybridized carbons (Fsp3) is 0.579. The first-order valence-electron chi connectivity index (χ1n) is 18.3. The number of halogens is 2. The monoisotopic (exact) mass is 744 g/mol. The van der Waals surface area contributed by atoms with Gasteiger partial charge in [-0.2, -0.15) is 0 Å². The highest BCUT2D eigenvalue weighted by Gasteiger charge is 2.47. The molecule has 2 aliphatic carbocycles. The van der Waals surface area contributed by atoms with E-state index in [1.54, 1.807) is 31.7 Å². The minimum Gasteiger partial charge on any atom is -0.444 e. The number of benzene rings is 2. The number of sulfonamides is 1. The Morgan fingerprint density at radius 3 is 2.21 bits per heavy atom. The summed E-state index contributed by atoms with van der Waals surface area (Å²) in [7, 11) is -4.24. The lowest BCUT2D eigenvalue weighted by atomic mass is 9.76. The summed E-state index contributed by atoms with van der Waals surface area (Å²) in [5.74, 6) is -3.09. The third-order valence-corrected chi connectivity index (χ3v) is 11.9. The van der Waals surface area contributed by atoms with Crippen LogP contribution in [0.5, 0.6) is 0 Å². The molecular formula is C38H50F2N4O7S. The summed E-state index contributed by atoms with van der Waals surface area (Å²) in [6.07, 6.45) is 7.17. The molecule has 3 fully saturated rings. The number of hydrogen-bond donors (Lipinski definition) is 3. The van der Waals surface area contributed by atoms with Crippen LogP contribution in [0.3, 0.4) is 0 Å². The minimum atomic E-state index is -4.24. The van der Waals surface area contributed by atoms with Gasteiger partial charge >= 0.3 is 6.09 Å². The second-order valence-corrected chi connectivity index (χ2v) is 17.0. The van der Waals surface area contributed by atoms with Gasteiger partial charge in [-0.05, 0) is 101 Å². The smallest absolute Gasteiger partial charge is 0.407 e. The molecule has 2 saturated carbocycles. The standard InChI is InChI=1S/C38H50F2N4O7S/c1-38(2,3)51-37(48)42-32(23-39)25-14-16-26(17-15-25)36(47)44-21-20-29(24-10-6-4-7-11-24)33(44)35(46)41-27-18-19-30(31(40)22-27)34(45)43-52(49,50)28-12-8-5-9-13-28/h5,8-9,12-13,18-19,22,24-26,29,32-33H,4,6-7,10-11,14-17,20-21,23H2,1-3H3,(H,41,46)(H,42,48)(H,43,45)/t25-,26-,29-,32+,33-/m0/s1. The van der Waals surface area contributed by atoms with Gasteiger partial charge in [0, 0.05) is 18.2 Å². The van der Waals surface area contributed by atoms with Gasteiger partial charge in [-0.25, -0.2) is 26.7 Å². The fourth-order valence-electron chi connectivity index (χ4n) is 8.03. The summed E-state index contributed by atoms with van der Waals surface area (Å²) < 4.78 is 61.7. The Morgan fingerprint density at radius 2 is 1.60 bits per heavy atom. The van der Waals surface area contributed by atoms with Crippen molar-refractivity contribution in [2.75, 3.05) is 18.5 Å². The third-order valence-electron chi connectivity index (χ3n) is 10.6. The average Bonchev–Trinajstić information content (AvgIpc) is 3.56. The predicted molar refractivity (Wildman–Crippen MR) is 191 cm³/mol. The lowest BCUT2D eigenvalue weighted by Crippen LogP contribution is -2.50. The summed E-state index contributed by atoms with van der Waals surface area (Å²) in [4.78, 5) is 54.7. The summed E-state index contributed by atoms with van der Waals surface area (Å²) in [6, 6.07) is 9.13. The van der Waals surface area contributed by atoms with Gasteiger partial charge in [-0.3, -0.25) is 14.4 Å². The van der Waals surface area contributed by atoms with Gasteiger partial charge in [0.15, 0.2) is 0 Å². The molecule has 4 amide bonds. The number of anilines is 1. The van der Waals surface area contributed by atoms with Crippen molar-refractivity contribution >= 4 is 39.5 Å². The number of ether oxygens (including phenoxy) is 1. The van der Waals surface area contributed by atoms with Crippen molar-refractivity contribution in [3.8, 4) is 0 Å². The van der Waals surface area contributed by atoms with E-state index in [1.165, 1.54) is 30.3 Å². The van der Waals surface area contributed by atoms with Crippen molar-refractivity contribution < 1.29 is 41.1 Å². The van der Waals surface area contributed by atoms with E-state index in [0.29, 0.717) is 38.6 Å². The molecule has 3 N–H and O–H groups in total. The summed E-state index contributed by atoms with van der Waals surface area (Å²) in [5, 5.41) is 5.42. The number of rotatable bonds is 10. The molecule has 284 valence electrons. The summed E-state index contributed by atoms with van der Waals surface area (Å²) in [6.45, 7) is 4.86. The maximum atomic E-state index is 15.3. The van der Waals surface area contributed by atoms with Crippen molar-refractivity contribution in [2.45, 2.75) is 108 Å². The maximum absolute atomic E-state index is 15.3. The topological polar surface area (TPSA) is 151 Å². The molecule has 14 heteroatoms. The van der Waals surface area contributed by atoms with E-state index in [2.05, 4.69) is 10.6 Å². The molecule has 2 aromatic carbocycles. The van der Waals surface area contributed by atoms with Crippen molar-refractivity contribution in [1.82, 2.24) is 14.9 Å². The van der Waals surface area contributed by atoms with E-state index in [9.17, 15) is 32.0 Å². The molecule has 0 radical (unpaired) electrons. The van der Waals surface area contributed by atoms with Crippen LogP contribution in [0.25, 0.3) is 0 Å². The number of alkyl halides is 1. The molecular weight excluding hydrogens is 695 g/mol. The molecule has 0 aromatic heterocycles. The van der Waals surface area contributed by atoms with Crippen LogP contribution in [0.1, 0.15) is 95.3 Å². The number of nitrogens with one attached hydrogen (secondary N) is 3. The zero-order valence-corrected chi connectivity index (χ0v) is 30.9. The van der Waals surface area contributed by atoms with Crippen molar-refractivity contribution in [1.29, 1.82) is 0 Å². The Kier molecular flexibility index (Phi) is 12.6. The van der Waals surface area contributed by atoms with E-state index in [4.69, 9.17) is 4.74 Å². The van der Waals surface area contributed by atoms with Gasteiger partial charge in [0.2, 0.25) is 11.8 Å². The summed E-state index contributed by atoms with van der Waals surface area (Å²) >= 11 is 0. The highest BCUT2D eigenvalue weighted by Crippen LogP contribution is 2.41. The second-order valence-electron chi connectivity index (χ2n) is 15.3. The molecule has 5 rings (SSSR count). The molecule has 1 heterocycles. The van der Waals surface area contributed by atoms with E-state index in [0.717, 1.165) is 44.2 Å². The van der Waals surface area contributed by atoms with Crippen molar-refractivity contribution in [3.63, 3.8) is 0 Å².